The molecule has 0 saturated heterocycles. The molecular formula is C22H14O5P+. The van der Waals surface area contributed by atoms with Gasteiger partial charge in [-0.25, -0.2) is 9.59 Å². The van der Waals surface area contributed by atoms with Gasteiger partial charge in [-0.2, -0.15) is 9.05 Å². The molecule has 28 heavy (non-hydrogen) atoms. The quantitative estimate of drug-likeness (QED) is 0.421. The van der Waals surface area contributed by atoms with Crippen LogP contribution in [0, 0.1) is 0 Å². The Balaban J connectivity index is 1.52. The van der Waals surface area contributed by atoms with Crippen LogP contribution in [0.3, 0.4) is 0 Å². The molecule has 4 aromatic carbocycles. The van der Waals surface area contributed by atoms with E-state index in [1.807, 2.05) is 36.4 Å². The average Bonchev–Trinajstić information content (AvgIpc) is 2.72. The molecule has 0 atom stereocenters. The summed E-state index contributed by atoms with van der Waals surface area (Å²) in [4.78, 5) is 24.8. The van der Waals surface area contributed by atoms with Crippen molar-refractivity contribution in [3.63, 3.8) is 0 Å². The lowest BCUT2D eigenvalue weighted by molar-refractivity contribution is 0.0656. The third-order valence-electron chi connectivity index (χ3n) is 4.33. The van der Waals surface area contributed by atoms with Gasteiger partial charge in [-0.05, 0) is 33.7 Å². The van der Waals surface area contributed by atoms with Gasteiger partial charge in [0.05, 0.1) is 11.1 Å². The maximum Gasteiger partial charge on any atom is 0.812 e. The van der Waals surface area contributed by atoms with Gasteiger partial charge in [0.1, 0.15) is 0 Å². The maximum absolute atomic E-state index is 12.4. The number of hydrogen-bond donors (Lipinski definition) is 0. The highest BCUT2D eigenvalue weighted by molar-refractivity contribution is 7.34. The largest absolute Gasteiger partial charge is 0.812 e. The standard InChI is InChI=1S/C22H14O5P/c23-21(19-13-5-9-15-7-1-3-11-17(15)19)26-28(25)27-22(24)20-14-6-10-16-8-2-4-12-18(16)20/h1-14H/q+1. The zero-order valence-electron chi connectivity index (χ0n) is 14.6. The Morgan fingerprint density at radius 3 is 1.43 bits per heavy atom. The smallest absolute Gasteiger partial charge is 0.241 e. The minimum Gasteiger partial charge on any atom is -0.241 e. The molecule has 4 rings (SSSR count). The van der Waals surface area contributed by atoms with Crippen LogP contribution in [0.2, 0.25) is 0 Å². The van der Waals surface area contributed by atoms with Crippen LogP contribution in [0.15, 0.2) is 84.9 Å². The fourth-order valence-corrected chi connectivity index (χ4v) is 3.56. The maximum atomic E-state index is 12.4. The van der Waals surface area contributed by atoms with Gasteiger partial charge >= 0.3 is 20.2 Å². The van der Waals surface area contributed by atoms with E-state index in [0.29, 0.717) is 10.8 Å². The summed E-state index contributed by atoms with van der Waals surface area (Å²) in [7, 11) is -2.97. The summed E-state index contributed by atoms with van der Waals surface area (Å²) < 4.78 is 21.9. The Bertz CT molecular complexity index is 1130. The van der Waals surface area contributed by atoms with E-state index in [2.05, 4.69) is 0 Å². The molecule has 0 aliphatic carbocycles. The first-order valence-electron chi connectivity index (χ1n) is 8.51. The first-order valence-corrected chi connectivity index (χ1v) is 9.60. The van der Waals surface area contributed by atoms with Gasteiger partial charge in [-0.15, -0.1) is 0 Å². The number of carbonyl (C=O) groups excluding carboxylic acids is 2. The molecule has 0 spiro atoms. The number of fused-ring (bicyclic) bond motifs is 2. The Labute approximate surface area is 161 Å². The Morgan fingerprint density at radius 1 is 0.571 bits per heavy atom. The second kappa shape index (κ2) is 7.59. The van der Waals surface area contributed by atoms with Crippen LogP contribution in [-0.4, -0.2) is 11.9 Å². The molecule has 0 radical (unpaired) electrons. The van der Waals surface area contributed by atoms with Crippen molar-refractivity contribution in [2.45, 2.75) is 0 Å². The molecule has 0 amide bonds. The molecule has 0 heterocycles. The molecule has 0 aromatic heterocycles. The van der Waals surface area contributed by atoms with Gasteiger partial charge < -0.3 is 0 Å². The lowest BCUT2D eigenvalue weighted by atomic mass is 10.1. The van der Waals surface area contributed by atoms with E-state index in [0.717, 1.165) is 10.8 Å². The zero-order valence-corrected chi connectivity index (χ0v) is 15.5. The molecule has 0 N–H and O–H groups in total. The van der Waals surface area contributed by atoms with Crippen LogP contribution < -0.4 is 0 Å². The van der Waals surface area contributed by atoms with Crippen LogP contribution in [-0.2, 0) is 13.6 Å². The highest BCUT2D eigenvalue weighted by Gasteiger charge is 2.33. The molecular weight excluding hydrogens is 375 g/mol. The van der Waals surface area contributed by atoms with Crippen molar-refractivity contribution in [3.05, 3.63) is 96.1 Å². The van der Waals surface area contributed by atoms with Gasteiger partial charge in [0.25, 0.3) is 0 Å². The Kier molecular flexibility index (Phi) is 4.83. The van der Waals surface area contributed by atoms with Crippen molar-refractivity contribution in [1.82, 2.24) is 0 Å². The van der Waals surface area contributed by atoms with Crippen LogP contribution >= 0.6 is 8.25 Å². The fourth-order valence-electron chi connectivity index (χ4n) is 3.06. The highest BCUT2D eigenvalue weighted by Crippen LogP contribution is 2.30. The minimum absolute atomic E-state index is 0.252. The Morgan fingerprint density at radius 2 is 0.964 bits per heavy atom. The van der Waals surface area contributed by atoms with E-state index >= 15 is 0 Å². The van der Waals surface area contributed by atoms with Gasteiger partial charge in [0, 0.05) is 4.57 Å². The summed E-state index contributed by atoms with van der Waals surface area (Å²) in [5, 5.41) is 3.03. The summed E-state index contributed by atoms with van der Waals surface area (Å²) in [5.74, 6) is -1.63. The molecule has 0 saturated carbocycles. The summed E-state index contributed by atoms with van der Waals surface area (Å²) >= 11 is 0. The van der Waals surface area contributed by atoms with Crippen molar-refractivity contribution in [1.29, 1.82) is 0 Å². The average molecular weight is 389 g/mol. The van der Waals surface area contributed by atoms with Gasteiger partial charge in [0.15, 0.2) is 0 Å². The fraction of sp³-hybridized carbons (Fsp3) is 0. The predicted octanol–water partition coefficient (Wildman–Crippen LogP) is 5.66. The van der Waals surface area contributed by atoms with Crippen LogP contribution in [0.1, 0.15) is 20.7 Å². The van der Waals surface area contributed by atoms with Crippen LogP contribution in [0.4, 0.5) is 0 Å². The molecule has 136 valence electrons. The summed E-state index contributed by atoms with van der Waals surface area (Å²) in [6, 6.07) is 24.8. The molecule has 0 fully saturated rings. The topological polar surface area (TPSA) is 69.7 Å². The molecule has 6 heteroatoms. The Hall–Kier alpha value is -3.56. The number of rotatable bonds is 4. The van der Waals surface area contributed by atoms with E-state index < -0.39 is 20.2 Å². The van der Waals surface area contributed by atoms with E-state index in [4.69, 9.17) is 9.05 Å². The normalized spacial score (nSPS) is 10.6. The summed E-state index contributed by atoms with van der Waals surface area (Å²) in [5.41, 5.74) is 0.505. The van der Waals surface area contributed by atoms with Gasteiger partial charge in [-0.1, -0.05) is 72.8 Å². The minimum atomic E-state index is -2.97. The van der Waals surface area contributed by atoms with Crippen molar-refractivity contribution in [2.24, 2.45) is 0 Å². The van der Waals surface area contributed by atoms with Crippen LogP contribution in [0.5, 0.6) is 0 Å². The second-order valence-electron chi connectivity index (χ2n) is 6.03. The third kappa shape index (κ3) is 3.48. The lowest BCUT2D eigenvalue weighted by Crippen LogP contribution is -2.05. The molecule has 0 unspecified atom stereocenters. The van der Waals surface area contributed by atoms with E-state index in [1.165, 1.54) is 0 Å². The number of benzene rings is 4. The monoisotopic (exact) mass is 389 g/mol. The number of carbonyl (C=O) groups is 2. The van der Waals surface area contributed by atoms with Crippen LogP contribution in [0.25, 0.3) is 21.5 Å². The molecule has 4 aromatic rings. The molecule has 0 aliphatic rings. The molecule has 0 bridgehead atoms. The van der Waals surface area contributed by atoms with Gasteiger partial charge in [0.2, 0.25) is 0 Å². The van der Waals surface area contributed by atoms with E-state index in [1.54, 1.807) is 48.5 Å². The van der Waals surface area contributed by atoms with Crippen molar-refractivity contribution in [2.75, 3.05) is 0 Å². The van der Waals surface area contributed by atoms with E-state index in [-0.39, 0.29) is 11.1 Å². The predicted molar refractivity (Wildman–Crippen MR) is 106 cm³/mol. The third-order valence-corrected chi connectivity index (χ3v) is 4.96. The SMILES string of the molecule is O=C(O[P+](=O)OC(=O)c1cccc2ccccc12)c1cccc2ccccc12. The van der Waals surface area contributed by atoms with Crippen molar-refractivity contribution >= 4 is 41.7 Å². The summed E-state index contributed by atoms with van der Waals surface area (Å²) in [6.07, 6.45) is 0. The number of hydrogen-bond acceptors (Lipinski definition) is 5. The first kappa shape index (κ1) is 17.8. The zero-order chi connectivity index (χ0) is 19.5. The van der Waals surface area contributed by atoms with Gasteiger partial charge in [-0.3, -0.25) is 0 Å². The van der Waals surface area contributed by atoms with E-state index in [9.17, 15) is 14.2 Å². The summed E-state index contributed by atoms with van der Waals surface area (Å²) in [6.45, 7) is 0. The van der Waals surface area contributed by atoms with Crippen molar-refractivity contribution in [3.8, 4) is 0 Å². The van der Waals surface area contributed by atoms with Crippen molar-refractivity contribution < 1.29 is 23.2 Å². The first-order chi connectivity index (χ1) is 13.6. The second-order valence-corrected chi connectivity index (χ2v) is 6.85. The molecule has 5 nitrogen and oxygen atoms in total. The molecule has 0 aliphatic heterocycles. The highest BCUT2D eigenvalue weighted by atomic mass is 31.1. The lowest BCUT2D eigenvalue weighted by Gasteiger charge is -2.02.